The van der Waals surface area contributed by atoms with Crippen molar-refractivity contribution in [3.05, 3.63) is 60.4 Å². The second-order valence-corrected chi connectivity index (χ2v) is 5.92. The first-order valence-corrected chi connectivity index (χ1v) is 8.41. The largest absolute Gasteiger partial charge is 0.495 e. The van der Waals surface area contributed by atoms with Crippen LogP contribution in [0.3, 0.4) is 0 Å². The van der Waals surface area contributed by atoms with Crippen LogP contribution in [0.5, 0.6) is 5.75 Å². The Hall–Kier alpha value is -3.17. The van der Waals surface area contributed by atoms with Gasteiger partial charge >= 0.3 is 5.97 Å². The van der Waals surface area contributed by atoms with Crippen LogP contribution in [-0.2, 0) is 11.3 Å². The molecular formula is C17H14N2O6S. The predicted octanol–water partition coefficient (Wildman–Crippen LogP) is 3.32. The molecule has 0 bridgehead atoms. The highest BCUT2D eigenvalue weighted by atomic mass is 32.2. The zero-order valence-electron chi connectivity index (χ0n) is 13.5. The van der Waals surface area contributed by atoms with E-state index in [1.807, 2.05) is 18.2 Å². The number of anilines is 2. The van der Waals surface area contributed by atoms with Crippen molar-refractivity contribution < 1.29 is 27.8 Å². The number of carboxylic acids is 1. The second kappa shape index (κ2) is 7.38. The van der Waals surface area contributed by atoms with Gasteiger partial charge in [-0.05, 0) is 30.3 Å². The molecule has 0 fully saturated rings. The molecule has 0 saturated carbocycles. The Kier molecular flexibility index (Phi) is 5.01. The van der Waals surface area contributed by atoms with Gasteiger partial charge in [-0.3, -0.25) is 4.55 Å². The van der Waals surface area contributed by atoms with Crippen LogP contribution < -0.4 is 9.04 Å². The van der Waals surface area contributed by atoms with Crippen molar-refractivity contribution in [2.45, 2.75) is 0 Å². The van der Waals surface area contributed by atoms with Gasteiger partial charge < -0.3 is 14.3 Å². The number of rotatable bonds is 6. The van der Waals surface area contributed by atoms with Crippen LogP contribution >= 0.6 is 0 Å². The lowest BCUT2D eigenvalue weighted by atomic mass is 10.2. The molecule has 0 spiro atoms. The maximum Gasteiger partial charge on any atom is 0.335 e. The van der Waals surface area contributed by atoms with E-state index in [9.17, 15) is 13.6 Å². The SMILES string of the molecule is COc1cc(C(=O)O)ccc1N(c1coc(-c2ccccc2)n1)S(=O)O. The summed E-state index contributed by atoms with van der Waals surface area (Å²) in [5.41, 5.74) is 0.862. The van der Waals surface area contributed by atoms with E-state index >= 15 is 0 Å². The Morgan fingerprint density at radius 1 is 1.23 bits per heavy atom. The highest BCUT2D eigenvalue weighted by Gasteiger charge is 2.24. The van der Waals surface area contributed by atoms with Crippen LogP contribution in [0.2, 0.25) is 0 Å². The van der Waals surface area contributed by atoms with Crippen molar-refractivity contribution in [1.29, 1.82) is 0 Å². The Labute approximate surface area is 151 Å². The molecule has 1 unspecified atom stereocenters. The van der Waals surface area contributed by atoms with Gasteiger partial charge in [-0.1, -0.05) is 18.2 Å². The molecule has 3 rings (SSSR count). The molecule has 26 heavy (non-hydrogen) atoms. The highest BCUT2D eigenvalue weighted by molar-refractivity contribution is 7.81. The van der Waals surface area contributed by atoms with Gasteiger partial charge in [0.2, 0.25) is 5.89 Å². The molecule has 0 aliphatic heterocycles. The van der Waals surface area contributed by atoms with Crippen molar-refractivity contribution in [3.63, 3.8) is 0 Å². The minimum Gasteiger partial charge on any atom is -0.495 e. The molecule has 0 amide bonds. The maximum absolute atomic E-state index is 11.9. The maximum atomic E-state index is 11.9. The lowest BCUT2D eigenvalue weighted by molar-refractivity contribution is 0.0696. The molecule has 0 aliphatic carbocycles. The third kappa shape index (κ3) is 3.44. The third-order valence-corrected chi connectivity index (χ3v) is 4.22. The number of aromatic nitrogens is 1. The monoisotopic (exact) mass is 374 g/mol. The molecular weight excluding hydrogens is 360 g/mol. The average molecular weight is 374 g/mol. The summed E-state index contributed by atoms with van der Waals surface area (Å²) in [5, 5.41) is 9.08. The molecule has 0 aliphatic rings. The molecule has 1 aromatic heterocycles. The van der Waals surface area contributed by atoms with Gasteiger partial charge in [0.05, 0.1) is 12.7 Å². The molecule has 9 heteroatoms. The standard InChI is InChI=1S/C17H14N2O6S/c1-24-14-9-12(17(20)21)7-8-13(14)19(26(22)23)15-10-25-16(18-15)11-5-3-2-4-6-11/h2-10H,1H3,(H,20,21)(H,22,23). The number of aromatic carboxylic acids is 1. The fraction of sp³-hybridized carbons (Fsp3) is 0.0588. The van der Waals surface area contributed by atoms with Crippen LogP contribution in [-0.4, -0.2) is 31.9 Å². The molecule has 1 heterocycles. The number of ether oxygens (including phenoxy) is 1. The van der Waals surface area contributed by atoms with E-state index < -0.39 is 17.2 Å². The number of hydrogen-bond acceptors (Lipinski definition) is 5. The normalized spacial score (nSPS) is 11.8. The zero-order valence-corrected chi connectivity index (χ0v) is 14.3. The summed E-state index contributed by atoms with van der Waals surface area (Å²) < 4.78 is 33.2. The second-order valence-electron chi connectivity index (χ2n) is 5.09. The summed E-state index contributed by atoms with van der Waals surface area (Å²) in [6.07, 6.45) is 1.24. The fourth-order valence-electron chi connectivity index (χ4n) is 2.34. The van der Waals surface area contributed by atoms with E-state index in [-0.39, 0.29) is 28.7 Å². The van der Waals surface area contributed by atoms with Crippen LogP contribution in [0.1, 0.15) is 10.4 Å². The Bertz CT molecular complexity index is 957. The van der Waals surface area contributed by atoms with Gasteiger partial charge in [-0.2, -0.15) is 4.98 Å². The minimum atomic E-state index is -2.49. The van der Waals surface area contributed by atoms with Crippen molar-refractivity contribution in [1.82, 2.24) is 4.98 Å². The Morgan fingerprint density at radius 2 is 1.96 bits per heavy atom. The average Bonchev–Trinajstić information content (AvgIpc) is 3.12. The molecule has 2 N–H and O–H groups in total. The summed E-state index contributed by atoms with van der Waals surface area (Å²) >= 11 is -2.49. The van der Waals surface area contributed by atoms with Gasteiger partial charge in [-0.15, -0.1) is 0 Å². The first kappa shape index (κ1) is 17.6. The number of carbonyl (C=O) groups is 1. The molecule has 134 valence electrons. The van der Waals surface area contributed by atoms with Crippen LogP contribution in [0.15, 0.2) is 59.2 Å². The number of nitrogens with zero attached hydrogens (tertiary/aromatic N) is 2. The Morgan fingerprint density at radius 3 is 2.58 bits per heavy atom. The highest BCUT2D eigenvalue weighted by Crippen LogP contribution is 2.36. The van der Waals surface area contributed by atoms with Crippen LogP contribution in [0, 0.1) is 0 Å². The summed E-state index contributed by atoms with van der Waals surface area (Å²) in [5.74, 6) is -0.681. The van der Waals surface area contributed by atoms with Gasteiger partial charge in [0, 0.05) is 5.56 Å². The van der Waals surface area contributed by atoms with Gasteiger partial charge in [-0.25, -0.2) is 13.3 Å². The van der Waals surface area contributed by atoms with E-state index in [4.69, 9.17) is 14.3 Å². The van der Waals surface area contributed by atoms with Gasteiger partial charge in [0.1, 0.15) is 17.7 Å². The molecule has 3 aromatic rings. The number of benzene rings is 2. The minimum absolute atomic E-state index is 0.0144. The van der Waals surface area contributed by atoms with E-state index in [1.165, 1.54) is 31.6 Å². The summed E-state index contributed by atoms with van der Waals surface area (Å²) in [6, 6.07) is 13.0. The zero-order chi connectivity index (χ0) is 18.7. The van der Waals surface area contributed by atoms with Gasteiger partial charge in [0.25, 0.3) is 11.3 Å². The van der Waals surface area contributed by atoms with E-state index in [0.717, 1.165) is 4.31 Å². The molecule has 0 radical (unpaired) electrons. The van der Waals surface area contributed by atoms with E-state index in [2.05, 4.69) is 4.98 Å². The lowest BCUT2D eigenvalue weighted by Gasteiger charge is -2.19. The third-order valence-electron chi connectivity index (χ3n) is 3.52. The summed E-state index contributed by atoms with van der Waals surface area (Å²) in [4.78, 5) is 15.4. The lowest BCUT2D eigenvalue weighted by Crippen LogP contribution is -2.20. The van der Waals surface area contributed by atoms with E-state index in [0.29, 0.717) is 5.56 Å². The fourth-order valence-corrected chi connectivity index (χ4v) is 2.90. The summed E-state index contributed by atoms with van der Waals surface area (Å²) in [6.45, 7) is 0. The first-order chi connectivity index (χ1) is 12.5. The molecule has 0 saturated heterocycles. The van der Waals surface area contributed by atoms with Crippen molar-refractivity contribution >= 4 is 28.7 Å². The summed E-state index contributed by atoms with van der Waals surface area (Å²) in [7, 11) is 1.33. The number of oxazole rings is 1. The van der Waals surface area contributed by atoms with Crippen molar-refractivity contribution in [2.75, 3.05) is 11.4 Å². The van der Waals surface area contributed by atoms with Crippen molar-refractivity contribution in [2.24, 2.45) is 0 Å². The Balaban J connectivity index is 2.05. The number of carboxylic acid groups (broad SMARTS) is 1. The molecule has 2 aromatic carbocycles. The molecule has 1 atom stereocenters. The van der Waals surface area contributed by atoms with E-state index in [1.54, 1.807) is 12.1 Å². The van der Waals surface area contributed by atoms with Crippen LogP contribution in [0.4, 0.5) is 11.5 Å². The van der Waals surface area contributed by atoms with Gasteiger partial charge in [0.15, 0.2) is 5.82 Å². The smallest absolute Gasteiger partial charge is 0.335 e. The quantitative estimate of drug-likeness (QED) is 0.636. The number of methoxy groups -OCH3 is 1. The first-order valence-electron chi connectivity index (χ1n) is 7.34. The topological polar surface area (TPSA) is 113 Å². The van der Waals surface area contributed by atoms with Crippen LogP contribution in [0.25, 0.3) is 11.5 Å². The van der Waals surface area contributed by atoms with Crippen molar-refractivity contribution in [3.8, 4) is 17.2 Å². The molecule has 8 nitrogen and oxygen atoms in total. The predicted molar refractivity (Wildman–Crippen MR) is 94.8 cm³/mol. The number of hydrogen-bond donors (Lipinski definition) is 2.